The van der Waals surface area contributed by atoms with Gasteiger partial charge in [-0.05, 0) is 21.0 Å². The van der Waals surface area contributed by atoms with Crippen molar-refractivity contribution in [3.05, 3.63) is 0 Å². The lowest BCUT2D eigenvalue weighted by molar-refractivity contribution is -0.144. The average molecular weight is 250 g/mol. The van der Waals surface area contributed by atoms with E-state index in [4.69, 9.17) is 21.1 Å². The molecule has 0 radical (unpaired) electrons. The molecule has 0 spiro atoms. The topological polar surface area (TPSA) is 141 Å². The maximum absolute atomic E-state index is 10.1. The van der Waals surface area contributed by atoms with Gasteiger partial charge >= 0.3 is 17.9 Å². The van der Waals surface area contributed by atoms with E-state index in [1.54, 1.807) is 25.9 Å². The van der Waals surface area contributed by atoms with Gasteiger partial charge in [-0.1, -0.05) is 0 Å². The number of carboxylic acid groups (broad SMARTS) is 3. The van der Waals surface area contributed by atoms with Crippen LogP contribution >= 0.6 is 0 Å². The van der Waals surface area contributed by atoms with Gasteiger partial charge in [0.2, 0.25) is 0 Å². The summed E-state index contributed by atoms with van der Waals surface area (Å²) >= 11 is 0. The van der Waals surface area contributed by atoms with Crippen LogP contribution in [0.4, 0.5) is 0 Å². The van der Waals surface area contributed by atoms with Crippen LogP contribution in [-0.4, -0.2) is 64.3 Å². The molecule has 100 valence electrons. The van der Waals surface area contributed by atoms with Crippen molar-refractivity contribution in [3.8, 4) is 0 Å². The lowest BCUT2D eigenvalue weighted by Gasteiger charge is -2.13. The molecule has 0 fully saturated rings. The van der Waals surface area contributed by atoms with E-state index >= 15 is 0 Å². The van der Waals surface area contributed by atoms with Gasteiger partial charge in [0.05, 0.1) is 6.42 Å². The lowest BCUT2D eigenvalue weighted by atomic mass is 10.2. The molecule has 0 aromatic rings. The first-order valence-corrected chi connectivity index (χ1v) is 4.69. The Morgan fingerprint density at radius 3 is 1.59 bits per heavy atom. The van der Waals surface area contributed by atoms with Gasteiger partial charge in [0, 0.05) is 0 Å². The third-order valence-electron chi connectivity index (χ3n) is 1.84. The van der Waals surface area contributed by atoms with E-state index in [-0.39, 0.29) is 6.04 Å². The van der Waals surface area contributed by atoms with Gasteiger partial charge in [0.25, 0.3) is 0 Å². The van der Waals surface area contributed by atoms with Crippen LogP contribution in [-0.2, 0) is 14.4 Å². The van der Waals surface area contributed by atoms with Crippen LogP contribution in [0.15, 0.2) is 0 Å². The highest BCUT2D eigenvalue weighted by atomic mass is 16.4. The minimum Gasteiger partial charge on any atom is -0.481 e. The quantitative estimate of drug-likeness (QED) is 0.481. The number of likely N-dealkylation sites (N-methyl/N-ethyl adjacent to an activating group) is 1. The zero-order valence-corrected chi connectivity index (χ0v) is 9.95. The van der Waals surface area contributed by atoms with Gasteiger partial charge in [-0.25, -0.2) is 0 Å². The molecule has 2 atom stereocenters. The number of nitrogens with two attached hydrogens (primary N) is 1. The summed E-state index contributed by atoms with van der Waals surface area (Å²) in [6.45, 7) is 1.64. The van der Waals surface area contributed by atoms with Crippen LogP contribution in [0.3, 0.4) is 0 Å². The molecule has 0 aromatic heterocycles. The number of hydrogen-bond acceptors (Lipinski definition) is 5. The highest BCUT2D eigenvalue weighted by Gasteiger charge is 2.14. The number of carbonyl (C=O) groups is 3. The van der Waals surface area contributed by atoms with E-state index in [0.717, 1.165) is 0 Å². The van der Waals surface area contributed by atoms with Crippen molar-refractivity contribution in [1.29, 1.82) is 0 Å². The van der Waals surface area contributed by atoms with Gasteiger partial charge < -0.3 is 21.1 Å². The summed E-state index contributed by atoms with van der Waals surface area (Å²) in [4.78, 5) is 31.4. The normalized spacial score (nSPS) is 13.2. The molecular weight excluding hydrogens is 232 g/mol. The van der Waals surface area contributed by atoms with Crippen LogP contribution in [0.1, 0.15) is 13.3 Å². The van der Waals surface area contributed by atoms with Crippen LogP contribution in [0.5, 0.6) is 0 Å². The zero-order chi connectivity index (χ0) is 14.2. The number of aliphatic carboxylic acids is 3. The highest BCUT2D eigenvalue weighted by Crippen LogP contribution is 1.88. The molecule has 5 N–H and O–H groups in total. The SMILES string of the molecule is C[C@@H](C(=O)O)N(C)C.N[C@@H](CC(=O)O)C(=O)O. The first-order valence-electron chi connectivity index (χ1n) is 4.69. The van der Waals surface area contributed by atoms with Crippen molar-refractivity contribution >= 4 is 17.9 Å². The summed E-state index contributed by atoms with van der Waals surface area (Å²) < 4.78 is 0. The average Bonchev–Trinajstić information content (AvgIpc) is 2.15. The molecule has 0 aromatic carbocycles. The molecule has 0 amide bonds. The Morgan fingerprint density at radius 2 is 1.53 bits per heavy atom. The van der Waals surface area contributed by atoms with Crippen molar-refractivity contribution in [1.82, 2.24) is 4.90 Å². The second-order valence-corrected chi connectivity index (χ2v) is 3.52. The van der Waals surface area contributed by atoms with Crippen molar-refractivity contribution in [2.45, 2.75) is 25.4 Å². The Balaban J connectivity index is 0. The number of rotatable bonds is 5. The van der Waals surface area contributed by atoms with E-state index in [0.29, 0.717) is 0 Å². The van der Waals surface area contributed by atoms with E-state index in [1.807, 2.05) is 0 Å². The molecule has 0 aliphatic rings. The summed E-state index contributed by atoms with van der Waals surface area (Å²) in [5.74, 6) is -3.28. The first kappa shape index (κ1) is 17.7. The second kappa shape index (κ2) is 8.48. The van der Waals surface area contributed by atoms with Crippen LogP contribution in [0, 0.1) is 0 Å². The van der Waals surface area contributed by atoms with Crippen LogP contribution in [0.2, 0.25) is 0 Å². The molecule has 0 bridgehead atoms. The largest absolute Gasteiger partial charge is 0.481 e. The molecule has 0 unspecified atom stereocenters. The fourth-order valence-electron chi connectivity index (χ4n) is 0.496. The molecule has 17 heavy (non-hydrogen) atoms. The Labute approximate surface area is 98.6 Å². The van der Waals surface area contributed by atoms with Crippen molar-refractivity contribution in [3.63, 3.8) is 0 Å². The number of hydrogen-bond donors (Lipinski definition) is 4. The van der Waals surface area contributed by atoms with E-state index in [2.05, 4.69) is 0 Å². The van der Waals surface area contributed by atoms with Gasteiger partial charge in [-0.3, -0.25) is 19.3 Å². The molecular formula is C9H18N2O6. The molecule has 0 rings (SSSR count). The number of carboxylic acids is 3. The van der Waals surface area contributed by atoms with E-state index in [9.17, 15) is 14.4 Å². The predicted octanol–water partition coefficient (Wildman–Crippen LogP) is -1.11. The van der Waals surface area contributed by atoms with Gasteiger partial charge in [-0.2, -0.15) is 0 Å². The van der Waals surface area contributed by atoms with Crippen molar-refractivity contribution in [2.75, 3.05) is 14.1 Å². The minimum atomic E-state index is -1.29. The highest BCUT2D eigenvalue weighted by molar-refractivity contribution is 5.80. The summed E-state index contributed by atoms with van der Waals surface area (Å²) in [5, 5.41) is 24.3. The molecule has 0 saturated heterocycles. The Morgan fingerprint density at radius 1 is 1.12 bits per heavy atom. The summed E-state index contributed by atoms with van der Waals surface area (Å²) in [7, 11) is 3.47. The maximum Gasteiger partial charge on any atom is 0.321 e. The van der Waals surface area contributed by atoms with Crippen molar-refractivity contribution < 1.29 is 29.7 Å². The lowest BCUT2D eigenvalue weighted by Crippen LogP contribution is -2.32. The summed E-state index contributed by atoms with van der Waals surface area (Å²) in [5.41, 5.74) is 4.84. The van der Waals surface area contributed by atoms with E-state index < -0.39 is 30.4 Å². The molecule has 8 heteroatoms. The van der Waals surface area contributed by atoms with Crippen LogP contribution < -0.4 is 5.73 Å². The monoisotopic (exact) mass is 250 g/mol. The summed E-state index contributed by atoms with van der Waals surface area (Å²) in [6, 6.07) is -1.67. The fraction of sp³-hybridized carbons (Fsp3) is 0.667. The predicted molar refractivity (Wildman–Crippen MR) is 58.6 cm³/mol. The van der Waals surface area contributed by atoms with Gasteiger partial charge in [0.1, 0.15) is 12.1 Å². The standard InChI is InChI=1S/C5H11NO2.C4H7NO4/c1-4(5(7)8)6(2)3;5-2(4(8)9)1-3(6)7/h4H,1-3H3,(H,7,8);2H,1,5H2,(H,6,7)(H,8,9)/t4-;2-/m00/s1. The van der Waals surface area contributed by atoms with Crippen LogP contribution in [0.25, 0.3) is 0 Å². The second-order valence-electron chi connectivity index (χ2n) is 3.52. The molecule has 0 aliphatic heterocycles. The fourth-order valence-corrected chi connectivity index (χ4v) is 0.496. The van der Waals surface area contributed by atoms with E-state index in [1.165, 1.54) is 0 Å². The molecule has 0 aliphatic carbocycles. The Bertz CT molecular complexity index is 279. The molecule has 0 saturated carbocycles. The third kappa shape index (κ3) is 10.6. The molecule has 8 nitrogen and oxygen atoms in total. The number of nitrogens with zero attached hydrogens (tertiary/aromatic N) is 1. The maximum atomic E-state index is 10.1. The third-order valence-corrected chi connectivity index (χ3v) is 1.84. The Hall–Kier alpha value is -1.67. The smallest absolute Gasteiger partial charge is 0.321 e. The summed E-state index contributed by atoms with van der Waals surface area (Å²) in [6.07, 6.45) is -0.532. The van der Waals surface area contributed by atoms with Gasteiger partial charge in [-0.15, -0.1) is 0 Å². The zero-order valence-electron chi connectivity index (χ0n) is 9.95. The molecule has 0 heterocycles. The minimum absolute atomic E-state index is 0.380. The van der Waals surface area contributed by atoms with Crippen molar-refractivity contribution in [2.24, 2.45) is 5.73 Å². The Kier molecular flexibility index (Phi) is 8.84. The van der Waals surface area contributed by atoms with Gasteiger partial charge in [0.15, 0.2) is 0 Å². The first-order chi connectivity index (χ1) is 7.59.